The number of hydrogen-bond acceptors (Lipinski definition) is 6. The minimum Gasteiger partial charge on any atom is -0.463 e. The van der Waals surface area contributed by atoms with E-state index < -0.39 is 24.0 Å². The van der Waals surface area contributed by atoms with Crippen molar-refractivity contribution in [2.45, 2.75) is 33.4 Å². The van der Waals surface area contributed by atoms with Crippen molar-refractivity contribution >= 4 is 35.6 Å². The Morgan fingerprint density at radius 1 is 1.08 bits per heavy atom. The molecule has 4 rings (SSSR count). The molecule has 2 N–H and O–H groups in total. The number of aryl methyl sites for hydroxylation is 2. The molecule has 3 aromatic rings. The number of carbonyl (C=O) groups excluding carboxylic acids is 3. The fraction of sp³-hybridized carbons (Fsp3) is 0.241. The number of urea groups is 1. The van der Waals surface area contributed by atoms with Crippen LogP contribution in [0.25, 0.3) is 6.08 Å². The fourth-order valence-corrected chi connectivity index (χ4v) is 4.44. The molecule has 0 saturated carbocycles. The number of aromatic nitrogens is 2. The van der Waals surface area contributed by atoms with Crippen LogP contribution in [0.1, 0.15) is 40.9 Å². The Balaban J connectivity index is 1.50. The summed E-state index contributed by atoms with van der Waals surface area (Å²) in [5.41, 5.74) is 4.44. The molecule has 1 aliphatic rings. The van der Waals surface area contributed by atoms with E-state index in [0.29, 0.717) is 28.5 Å². The van der Waals surface area contributed by atoms with Gasteiger partial charge in [-0.15, -0.1) is 0 Å². The Morgan fingerprint density at radius 3 is 2.49 bits per heavy atom. The maximum atomic E-state index is 12.8. The molecule has 1 aliphatic heterocycles. The van der Waals surface area contributed by atoms with Gasteiger partial charge in [0.05, 0.1) is 36.2 Å². The number of ether oxygens (including phenoxy) is 2. The van der Waals surface area contributed by atoms with Crippen LogP contribution >= 0.6 is 11.6 Å². The summed E-state index contributed by atoms with van der Waals surface area (Å²) in [4.78, 5) is 37.8. The van der Waals surface area contributed by atoms with Crippen molar-refractivity contribution < 1.29 is 23.9 Å². The summed E-state index contributed by atoms with van der Waals surface area (Å²) in [6, 6.07) is 15.8. The first-order valence-electron chi connectivity index (χ1n) is 12.4. The maximum absolute atomic E-state index is 12.8. The molecular weight excluding hydrogens is 520 g/mol. The molecule has 0 bridgehead atoms. The Kier molecular flexibility index (Phi) is 8.83. The lowest BCUT2D eigenvalue weighted by Gasteiger charge is -2.29. The van der Waals surface area contributed by atoms with E-state index in [-0.39, 0.29) is 24.5 Å². The molecule has 1 unspecified atom stereocenters. The molecule has 39 heavy (non-hydrogen) atoms. The van der Waals surface area contributed by atoms with Crippen molar-refractivity contribution in [1.82, 2.24) is 20.4 Å². The van der Waals surface area contributed by atoms with E-state index in [1.165, 1.54) is 12.2 Å². The van der Waals surface area contributed by atoms with Crippen molar-refractivity contribution in [3.05, 3.63) is 105 Å². The van der Waals surface area contributed by atoms with E-state index in [2.05, 4.69) is 15.7 Å². The van der Waals surface area contributed by atoms with Crippen LogP contribution < -0.4 is 10.6 Å². The largest absolute Gasteiger partial charge is 0.463 e. The van der Waals surface area contributed by atoms with Crippen LogP contribution in [-0.4, -0.2) is 41.0 Å². The van der Waals surface area contributed by atoms with Gasteiger partial charge in [0.1, 0.15) is 11.8 Å². The zero-order valence-electron chi connectivity index (χ0n) is 21.9. The molecule has 9 nitrogen and oxygen atoms in total. The minimum absolute atomic E-state index is 0.144. The summed E-state index contributed by atoms with van der Waals surface area (Å²) in [7, 11) is 0. The normalized spacial score (nSPS) is 15.2. The van der Waals surface area contributed by atoms with Crippen LogP contribution in [0.2, 0.25) is 5.15 Å². The van der Waals surface area contributed by atoms with Crippen LogP contribution in [0.15, 0.2) is 71.9 Å². The number of esters is 2. The summed E-state index contributed by atoms with van der Waals surface area (Å²) < 4.78 is 12.3. The molecule has 0 spiro atoms. The molecule has 2 amide bonds. The number of hydrogen-bond donors (Lipinski definition) is 2. The molecule has 2 aromatic carbocycles. The summed E-state index contributed by atoms with van der Waals surface area (Å²) in [5, 5.41) is 10.2. The molecule has 2 heterocycles. The third-order valence-corrected chi connectivity index (χ3v) is 6.49. The molecular formula is C29H29ClN4O5. The zero-order valence-corrected chi connectivity index (χ0v) is 22.6. The summed E-state index contributed by atoms with van der Waals surface area (Å²) >= 11 is 6.55. The minimum atomic E-state index is -0.760. The Hall–Kier alpha value is -4.37. The second-order valence-electron chi connectivity index (χ2n) is 8.93. The lowest BCUT2D eigenvalue weighted by molar-refractivity contribution is -0.140. The van der Waals surface area contributed by atoms with Crippen LogP contribution in [0, 0.1) is 13.8 Å². The highest BCUT2D eigenvalue weighted by Crippen LogP contribution is 2.28. The van der Waals surface area contributed by atoms with Gasteiger partial charge in [-0.2, -0.15) is 5.10 Å². The number of halogens is 1. The highest BCUT2D eigenvalue weighted by molar-refractivity contribution is 6.31. The highest BCUT2D eigenvalue weighted by atomic mass is 35.5. The van der Waals surface area contributed by atoms with Crippen molar-refractivity contribution in [1.29, 1.82) is 0 Å². The Morgan fingerprint density at radius 2 is 1.79 bits per heavy atom. The predicted octanol–water partition coefficient (Wildman–Crippen LogP) is 4.63. The van der Waals surface area contributed by atoms with E-state index in [1.807, 2.05) is 37.3 Å². The Labute approximate surface area is 231 Å². The lowest BCUT2D eigenvalue weighted by Crippen LogP contribution is -2.47. The number of amides is 2. The van der Waals surface area contributed by atoms with Gasteiger partial charge < -0.3 is 20.1 Å². The zero-order chi connectivity index (χ0) is 27.9. The molecule has 0 radical (unpaired) electrons. The van der Waals surface area contributed by atoms with Gasteiger partial charge in [-0.1, -0.05) is 71.8 Å². The van der Waals surface area contributed by atoms with Gasteiger partial charge in [0.15, 0.2) is 0 Å². The van der Waals surface area contributed by atoms with Crippen molar-refractivity contribution in [2.24, 2.45) is 0 Å². The number of rotatable bonds is 9. The number of nitrogens with one attached hydrogen (secondary N) is 2. The molecule has 1 atom stereocenters. The number of benzene rings is 2. The summed E-state index contributed by atoms with van der Waals surface area (Å²) in [5.74, 6) is -1.31. The second-order valence-corrected chi connectivity index (χ2v) is 9.29. The molecule has 10 heteroatoms. The molecule has 0 saturated heterocycles. The SMILES string of the molecule is CCOC(=O)C1=C(COC(=O)/C=C/c2c(C)nn(Cc3ccc(C)cc3)c2Cl)NC(=O)NC1c1ccccc1. The van der Waals surface area contributed by atoms with Gasteiger partial charge in [-0.3, -0.25) is 0 Å². The second kappa shape index (κ2) is 12.4. The van der Waals surface area contributed by atoms with E-state index in [4.69, 9.17) is 21.1 Å². The molecule has 0 fully saturated rings. The van der Waals surface area contributed by atoms with Gasteiger partial charge in [0.25, 0.3) is 0 Å². The van der Waals surface area contributed by atoms with E-state index in [9.17, 15) is 14.4 Å². The topological polar surface area (TPSA) is 112 Å². The first-order valence-corrected chi connectivity index (χ1v) is 12.8. The molecule has 202 valence electrons. The molecule has 1 aromatic heterocycles. The maximum Gasteiger partial charge on any atom is 0.338 e. The van der Waals surface area contributed by atoms with Crippen molar-refractivity contribution in [3.8, 4) is 0 Å². The smallest absolute Gasteiger partial charge is 0.338 e. The van der Waals surface area contributed by atoms with Crippen LogP contribution in [-0.2, 0) is 25.6 Å². The van der Waals surface area contributed by atoms with E-state index in [0.717, 1.165) is 11.1 Å². The third-order valence-electron chi connectivity index (χ3n) is 6.09. The average molecular weight is 549 g/mol. The van der Waals surface area contributed by atoms with Gasteiger partial charge in [0, 0.05) is 11.6 Å². The van der Waals surface area contributed by atoms with E-state index in [1.54, 1.807) is 42.8 Å². The highest BCUT2D eigenvalue weighted by Gasteiger charge is 2.34. The quantitative estimate of drug-likeness (QED) is 0.298. The van der Waals surface area contributed by atoms with Gasteiger partial charge in [-0.05, 0) is 38.0 Å². The summed E-state index contributed by atoms with van der Waals surface area (Å²) in [6.07, 6.45) is 2.77. The van der Waals surface area contributed by atoms with Gasteiger partial charge in [0.2, 0.25) is 0 Å². The fourth-order valence-electron chi connectivity index (χ4n) is 4.15. The third kappa shape index (κ3) is 6.74. The van der Waals surface area contributed by atoms with Crippen molar-refractivity contribution in [2.75, 3.05) is 13.2 Å². The van der Waals surface area contributed by atoms with Crippen molar-refractivity contribution in [3.63, 3.8) is 0 Å². The van der Waals surface area contributed by atoms with Gasteiger partial charge in [-0.25, -0.2) is 19.1 Å². The number of nitrogens with zero attached hydrogens (tertiary/aromatic N) is 2. The van der Waals surface area contributed by atoms with Gasteiger partial charge >= 0.3 is 18.0 Å². The summed E-state index contributed by atoms with van der Waals surface area (Å²) in [6.45, 7) is 5.79. The lowest BCUT2D eigenvalue weighted by atomic mass is 9.95. The van der Waals surface area contributed by atoms with Crippen LogP contribution in [0.4, 0.5) is 4.79 Å². The predicted molar refractivity (Wildman–Crippen MR) is 147 cm³/mol. The first-order chi connectivity index (χ1) is 18.8. The molecule has 0 aliphatic carbocycles. The average Bonchev–Trinajstić information content (AvgIpc) is 3.19. The van der Waals surface area contributed by atoms with Crippen LogP contribution in [0.5, 0.6) is 0 Å². The van der Waals surface area contributed by atoms with Crippen LogP contribution in [0.3, 0.4) is 0 Å². The van der Waals surface area contributed by atoms with E-state index >= 15 is 0 Å². The number of carbonyl (C=O) groups is 3. The monoisotopic (exact) mass is 548 g/mol. The standard InChI is InChI=1S/C29H29ClN4O5/c1-4-38-28(36)25-23(31-29(37)32-26(25)21-8-6-5-7-9-21)17-39-24(35)15-14-22-19(3)33-34(27(22)30)16-20-12-10-18(2)11-13-20/h5-15,26H,4,16-17H2,1-3H3,(H2,31,32,37)/b15-14+. The Bertz CT molecular complexity index is 1430. The first kappa shape index (κ1) is 27.7.